The Bertz CT molecular complexity index is 956. The summed E-state index contributed by atoms with van der Waals surface area (Å²) in [5.74, 6) is -0.347. The Hall–Kier alpha value is -2.39. The first-order valence-corrected chi connectivity index (χ1v) is 10.5. The van der Waals surface area contributed by atoms with E-state index in [1.165, 1.54) is 12.1 Å². The van der Waals surface area contributed by atoms with Crippen LogP contribution in [-0.2, 0) is 27.4 Å². The number of benzene rings is 2. The molecule has 0 spiro atoms. The molecule has 0 aliphatic heterocycles. The number of nitrogens with one attached hydrogen (secondary N) is 2. The summed E-state index contributed by atoms with van der Waals surface area (Å²) in [5, 5.41) is 2.63. The number of hydrogen-bond donors (Lipinski definition) is 2. The number of halogens is 3. The molecule has 2 aromatic rings. The van der Waals surface area contributed by atoms with Gasteiger partial charge in [-0.05, 0) is 55.2 Å². The zero-order valence-corrected chi connectivity index (χ0v) is 17.0. The van der Waals surface area contributed by atoms with Gasteiger partial charge in [-0.15, -0.1) is 0 Å². The molecule has 9 heteroatoms. The predicted octanol–water partition coefficient (Wildman–Crippen LogP) is 3.35. The Morgan fingerprint density at radius 1 is 1.00 bits per heavy atom. The molecule has 0 aromatic heterocycles. The van der Waals surface area contributed by atoms with Gasteiger partial charge in [-0.25, -0.2) is 13.1 Å². The fraction of sp³-hybridized carbons (Fsp3) is 0.350. The normalized spacial score (nSPS) is 12.0. The molecule has 2 N–H and O–H groups in total. The first-order valence-electron chi connectivity index (χ1n) is 8.99. The van der Waals surface area contributed by atoms with Crippen molar-refractivity contribution in [3.8, 4) is 0 Å². The summed E-state index contributed by atoms with van der Waals surface area (Å²) in [6.45, 7) is 3.68. The molecule has 0 bridgehead atoms. The predicted molar refractivity (Wildman–Crippen MR) is 104 cm³/mol. The van der Waals surface area contributed by atoms with E-state index < -0.39 is 21.8 Å². The van der Waals surface area contributed by atoms with Crippen molar-refractivity contribution in [1.82, 2.24) is 10.0 Å². The van der Waals surface area contributed by atoms with Crippen molar-refractivity contribution >= 4 is 15.9 Å². The van der Waals surface area contributed by atoms with E-state index in [9.17, 15) is 26.4 Å². The van der Waals surface area contributed by atoms with Crippen molar-refractivity contribution in [2.45, 2.75) is 37.8 Å². The lowest BCUT2D eigenvalue weighted by Crippen LogP contribution is -2.32. The van der Waals surface area contributed by atoms with Crippen molar-refractivity contribution in [1.29, 1.82) is 0 Å². The highest BCUT2D eigenvalue weighted by atomic mass is 32.2. The number of aryl methyl sites for hydroxylation is 2. The van der Waals surface area contributed by atoms with Crippen molar-refractivity contribution in [3.05, 3.63) is 64.7 Å². The van der Waals surface area contributed by atoms with Crippen molar-refractivity contribution in [2.24, 2.45) is 0 Å². The Kier molecular flexibility index (Phi) is 7.43. The average molecular weight is 428 g/mol. The van der Waals surface area contributed by atoms with Gasteiger partial charge in [0, 0.05) is 19.5 Å². The van der Waals surface area contributed by atoms with E-state index in [4.69, 9.17) is 0 Å². The minimum Gasteiger partial charge on any atom is -0.356 e. The van der Waals surface area contributed by atoms with Crippen LogP contribution in [-0.4, -0.2) is 27.4 Å². The fourth-order valence-corrected chi connectivity index (χ4v) is 4.03. The second-order valence-electron chi connectivity index (χ2n) is 6.71. The van der Waals surface area contributed by atoms with E-state index in [1.54, 1.807) is 26.0 Å². The Morgan fingerprint density at radius 3 is 2.28 bits per heavy atom. The quantitative estimate of drug-likeness (QED) is 0.677. The lowest BCUT2D eigenvalue weighted by atomic mass is 10.1. The third kappa shape index (κ3) is 6.86. The molecule has 0 aliphatic carbocycles. The molecule has 0 radical (unpaired) electrons. The molecule has 29 heavy (non-hydrogen) atoms. The van der Waals surface area contributed by atoms with E-state index in [-0.39, 0.29) is 30.3 Å². The molecular formula is C20H23F3N2O3S. The SMILES string of the molecule is Cc1ccc(C)c(S(=O)(=O)NCCC(=O)NCCc2ccc(C(F)(F)F)cc2)c1. The minimum atomic E-state index is -4.38. The average Bonchev–Trinajstić information content (AvgIpc) is 2.63. The van der Waals surface area contributed by atoms with Gasteiger partial charge in [0.25, 0.3) is 0 Å². The third-order valence-electron chi connectivity index (χ3n) is 4.29. The lowest BCUT2D eigenvalue weighted by Gasteiger charge is -2.11. The Morgan fingerprint density at radius 2 is 1.66 bits per heavy atom. The number of sulfonamides is 1. The van der Waals surface area contributed by atoms with Gasteiger partial charge in [-0.3, -0.25) is 4.79 Å². The molecule has 0 unspecified atom stereocenters. The smallest absolute Gasteiger partial charge is 0.356 e. The van der Waals surface area contributed by atoms with Gasteiger partial charge in [-0.1, -0.05) is 24.3 Å². The number of carbonyl (C=O) groups is 1. The summed E-state index contributed by atoms with van der Waals surface area (Å²) in [6.07, 6.45) is -4.05. The molecule has 1 amide bonds. The summed E-state index contributed by atoms with van der Waals surface area (Å²) >= 11 is 0. The number of alkyl halides is 3. The maximum Gasteiger partial charge on any atom is 0.416 e. The van der Waals surface area contributed by atoms with Gasteiger partial charge in [0.15, 0.2) is 0 Å². The van der Waals surface area contributed by atoms with Gasteiger partial charge in [-0.2, -0.15) is 13.2 Å². The van der Waals surface area contributed by atoms with E-state index >= 15 is 0 Å². The highest BCUT2D eigenvalue weighted by molar-refractivity contribution is 7.89. The molecule has 0 atom stereocenters. The molecule has 158 valence electrons. The van der Waals surface area contributed by atoms with E-state index in [0.29, 0.717) is 17.5 Å². The van der Waals surface area contributed by atoms with Crippen LogP contribution < -0.4 is 10.0 Å². The van der Waals surface area contributed by atoms with E-state index in [0.717, 1.165) is 17.7 Å². The van der Waals surface area contributed by atoms with Gasteiger partial charge in [0.1, 0.15) is 0 Å². The van der Waals surface area contributed by atoms with Crippen LogP contribution in [0.5, 0.6) is 0 Å². The zero-order valence-electron chi connectivity index (χ0n) is 16.1. The van der Waals surface area contributed by atoms with Crippen LogP contribution in [0, 0.1) is 13.8 Å². The molecule has 0 saturated carbocycles. The maximum absolute atomic E-state index is 12.5. The molecule has 0 aliphatic rings. The topological polar surface area (TPSA) is 75.3 Å². The molecule has 5 nitrogen and oxygen atoms in total. The number of amides is 1. The maximum atomic E-state index is 12.5. The summed E-state index contributed by atoms with van der Waals surface area (Å²) in [6, 6.07) is 9.84. The van der Waals surface area contributed by atoms with E-state index in [2.05, 4.69) is 10.0 Å². The van der Waals surface area contributed by atoms with Crippen LogP contribution in [0.1, 0.15) is 28.7 Å². The Labute approximate surface area is 168 Å². The number of rotatable bonds is 8. The van der Waals surface area contributed by atoms with Crippen LogP contribution >= 0.6 is 0 Å². The third-order valence-corrected chi connectivity index (χ3v) is 5.90. The molecule has 2 rings (SSSR count). The number of carbonyl (C=O) groups excluding carboxylic acids is 1. The molecule has 0 fully saturated rings. The molecule has 0 saturated heterocycles. The Balaban J connectivity index is 1.76. The van der Waals surface area contributed by atoms with E-state index in [1.807, 2.05) is 6.07 Å². The fourth-order valence-electron chi connectivity index (χ4n) is 2.67. The van der Waals surface area contributed by atoms with Crippen LogP contribution in [0.15, 0.2) is 47.4 Å². The first-order chi connectivity index (χ1) is 13.5. The van der Waals surface area contributed by atoms with Crippen molar-refractivity contribution < 1.29 is 26.4 Å². The zero-order chi connectivity index (χ0) is 21.7. The van der Waals surface area contributed by atoms with Gasteiger partial charge >= 0.3 is 6.18 Å². The van der Waals surface area contributed by atoms with Crippen LogP contribution in [0.2, 0.25) is 0 Å². The van der Waals surface area contributed by atoms with Crippen molar-refractivity contribution in [2.75, 3.05) is 13.1 Å². The highest BCUT2D eigenvalue weighted by Crippen LogP contribution is 2.29. The van der Waals surface area contributed by atoms with Crippen LogP contribution in [0.4, 0.5) is 13.2 Å². The molecule has 0 heterocycles. The van der Waals surface area contributed by atoms with Crippen molar-refractivity contribution in [3.63, 3.8) is 0 Å². The second kappa shape index (κ2) is 9.41. The summed E-state index contributed by atoms with van der Waals surface area (Å²) < 4.78 is 64.7. The minimum absolute atomic E-state index is 0.0445. The summed E-state index contributed by atoms with van der Waals surface area (Å²) in [4.78, 5) is 12.0. The standard InChI is InChI=1S/C20H23F3N2O3S/c1-14-3-4-15(2)18(13-14)29(27,28)25-12-10-19(26)24-11-9-16-5-7-17(8-6-16)20(21,22)23/h3-8,13,25H,9-12H2,1-2H3,(H,24,26). The van der Waals surface area contributed by atoms with Crippen LogP contribution in [0.25, 0.3) is 0 Å². The summed E-state index contributed by atoms with van der Waals surface area (Å²) in [5.41, 5.74) is 1.37. The molecule has 2 aromatic carbocycles. The monoisotopic (exact) mass is 428 g/mol. The second-order valence-corrected chi connectivity index (χ2v) is 8.45. The largest absolute Gasteiger partial charge is 0.416 e. The van der Waals surface area contributed by atoms with Gasteiger partial charge in [0.05, 0.1) is 10.5 Å². The summed E-state index contributed by atoms with van der Waals surface area (Å²) in [7, 11) is -3.71. The molecular weight excluding hydrogens is 405 g/mol. The van der Waals surface area contributed by atoms with Gasteiger partial charge < -0.3 is 5.32 Å². The lowest BCUT2D eigenvalue weighted by molar-refractivity contribution is -0.137. The number of hydrogen-bond acceptors (Lipinski definition) is 3. The highest BCUT2D eigenvalue weighted by Gasteiger charge is 2.29. The first kappa shape index (κ1) is 22.9. The van der Waals surface area contributed by atoms with Gasteiger partial charge in [0.2, 0.25) is 15.9 Å². The van der Waals surface area contributed by atoms with Crippen LogP contribution in [0.3, 0.4) is 0 Å².